The van der Waals surface area contributed by atoms with Gasteiger partial charge < -0.3 is 24.4 Å². The highest BCUT2D eigenvalue weighted by molar-refractivity contribution is 7.99. The summed E-state index contributed by atoms with van der Waals surface area (Å²) in [5, 5.41) is 3.29. The number of fused-ring (bicyclic) bond motifs is 1. The molecule has 1 saturated heterocycles. The van der Waals surface area contributed by atoms with Crippen LogP contribution >= 0.6 is 23.4 Å². The van der Waals surface area contributed by atoms with Gasteiger partial charge in [0, 0.05) is 17.5 Å². The summed E-state index contributed by atoms with van der Waals surface area (Å²) < 4.78 is 16.2. The second-order valence-corrected chi connectivity index (χ2v) is 8.31. The zero-order valence-corrected chi connectivity index (χ0v) is 18.4. The zero-order valence-electron chi connectivity index (χ0n) is 16.8. The molecular formula is C22H21ClN2O5S. The van der Waals surface area contributed by atoms with Gasteiger partial charge >= 0.3 is 0 Å². The predicted octanol–water partition coefficient (Wildman–Crippen LogP) is 3.67. The largest absolute Gasteiger partial charge is 0.497 e. The maximum Gasteiger partial charge on any atom is 0.248 e. The molecule has 0 radical (unpaired) electrons. The first-order valence-electron chi connectivity index (χ1n) is 9.65. The van der Waals surface area contributed by atoms with Crippen LogP contribution in [0.2, 0.25) is 5.02 Å². The van der Waals surface area contributed by atoms with Crippen LogP contribution in [0.3, 0.4) is 0 Å². The van der Waals surface area contributed by atoms with Gasteiger partial charge in [-0.25, -0.2) is 0 Å². The summed E-state index contributed by atoms with van der Waals surface area (Å²) >= 11 is 7.79. The van der Waals surface area contributed by atoms with Crippen molar-refractivity contribution in [2.75, 3.05) is 37.3 Å². The van der Waals surface area contributed by atoms with Crippen LogP contribution in [0.5, 0.6) is 17.2 Å². The maximum atomic E-state index is 12.8. The number of carbonyl (C=O) groups is 2. The highest BCUT2D eigenvalue weighted by Crippen LogP contribution is 2.38. The van der Waals surface area contributed by atoms with E-state index in [1.807, 2.05) is 0 Å². The van der Waals surface area contributed by atoms with E-state index in [4.69, 9.17) is 25.8 Å². The molecule has 1 N–H and O–H groups in total. The number of carbonyl (C=O) groups excluding carboxylic acids is 2. The van der Waals surface area contributed by atoms with E-state index in [0.717, 1.165) is 0 Å². The van der Waals surface area contributed by atoms with Crippen molar-refractivity contribution in [1.29, 1.82) is 0 Å². The summed E-state index contributed by atoms with van der Waals surface area (Å²) in [4.78, 5) is 27.1. The minimum atomic E-state index is -0.548. The molecule has 2 aliphatic rings. The average Bonchev–Trinajstić information content (AvgIpc) is 3.28. The van der Waals surface area contributed by atoms with Crippen LogP contribution in [0, 0.1) is 0 Å². The molecule has 2 heterocycles. The lowest BCUT2D eigenvalue weighted by molar-refractivity contribution is -0.132. The minimum Gasteiger partial charge on any atom is -0.497 e. The number of amides is 2. The Morgan fingerprint density at radius 1 is 1.23 bits per heavy atom. The Morgan fingerprint density at radius 2 is 2.00 bits per heavy atom. The minimum absolute atomic E-state index is 0.223. The molecule has 0 aliphatic carbocycles. The Balaban J connectivity index is 1.42. The van der Waals surface area contributed by atoms with Crippen molar-refractivity contribution >= 4 is 46.9 Å². The van der Waals surface area contributed by atoms with Crippen molar-refractivity contribution in [3.63, 3.8) is 0 Å². The second-order valence-electron chi connectivity index (χ2n) is 6.90. The van der Waals surface area contributed by atoms with Gasteiger partial charge in [-0.1, -0.05) is 11.6 Å². The van der Waals surface area contributed by atoms with Crippen LogP contribution in [0.25, 0.3) is 6.08 Å². The molecule has 31 heavy (non-hydrogen) atoms. The number of benzene rings is 2. The van der Waals surface area contributed by atoms with E-state index < -0.39 is 6.04 Å². The Bertz CT molecular complexity index is 1010. The fraction of sp³-hybridized carbons (Fsp3) is 0.273. The zero-order chi connectivity index (χ0) is 21.8. The van der Waals surface area contributed by atoms with E-state index in [1.54, 1.807) is 54.5 Å². The summed E-state index contributed by atoms with van der Waals surface area (Å²) in [6.07, 6.45) is 3.11. The molecule has 1 unspecified atom stereocenters. The fourth-order valence-electron chi connectivity index (χ4n) is 3.27. The van der Waals surface area contributed by atoms with Gasteiger partial charge in [0.15, 0.2) is 11.5 Å². The average molecular weight is 461 g/mol. The number of halogens is 1. The number of hydrogen-bond donors (Lipinski definition) is 1. The number of anilines is 1. The third-order valence-corrected chi connectivity index (χ3v) is 6.16. The van der Waals surface area contributed by atoms with Crippen LogP contribution < -0.4 is 19.5 Å². The SMILES string of the molecule is COc1ccc(NC(=O)C2CSCN2C(=O)/C=C/c2cc(Cl)c3c(c2)OCCO3)cc1. The highest BCUT2D eigenvalue weighted by Gasteiger charge is 2.33. The van der Waals surface area contributed by atoms with Gasteiger partial charge in [-0.05, 0) is 48.0 Å². The summed E-state index contributed by atoms with van der Waals surface area (Å²) in [7, 11) is 1.58. The van der Waals surface area contributed by atoms with Gasteiger partial charge in [-0.3, -0.25) is 9.59 Å². The first kappa shape index (κ1) is 21.4. The van der Waals surface area contributed by atoms with E-state index in [-0.39, 0.29) is 11.8 Å². The first-order chi connectivity index (χ1) is 15.0. The molecule has 0 bridgehead atoms. The smallest absolute Gasteiger partial charge is 0.248 e. The summed E-state index contributed by atoms with van der Waals surface area (Å²) in [5.74, 6) is 2.30. The van der Waals surface area contributed by atoms with Gasteiger partial charge in [0.2, 0.25) is 11.8 Å². The van der Waals surface area contributed by atoms with Gasteiger partial charge in [0.1, 0.15) is 25.0 Å². The Kier molecular flexibility index (Phi) is 6.58. The van der Waals surface area contributed by atoms with Crippen LogP contribution in [-0.2, 0) is 9.59 Å². The molecule has 1 fully saturated rings. The maximum absolute atomic E-state index is 12.8. The van der Waals surface area contributed by atoms with Gasteiger partial charge in [-0.15, -0.1) is 11.8 Å². The Hall–Kier alpha value is -2.84. The topological polar surface area (TPSA) is 77.1 Å². The van der Waals surface area contributed by atoms with Crippen molar-refractivity contribution in [2.24, 2.45) is 0 Å². The number of rotatable bonds is 5. The van der Waals surface area contributed by atoms with E-state index in [9.17, 15) is 9.59 Å². The van der Waals surface area contributed by atoms with E-state index >= 15 is 0 Å². The molecule has 2 aromatic rings. The lowest BCUT2D eigenvalue weighted by Gasteiger charge is -2.22. The van der Waals surface area contributed by atoms with E-state index in [2.05, 4.69) is 5.32 Å². The van der Waals surface area contributed by atoms with Crippen molar-refractivity contribution in [3.8, 4) is 17.2 Å². The molecule has 0 saturated carbocycles. The lowest BCUT2D eigenvalue weighted by Crippen LogP contribution is -2.43. The Labute approximate surface area is 189 Å². The molecule has 162 valence electrons. The molecule has 2 aromatic carbocycles. The first-order valence-corrected chi connectivity index (χ1v) is 11.2. The number of methoxy groups -OCH3 is 1. The monoisotopic (exact) mass is 460 g/mol. The van der Waals surface area contributed by atoms with Crippen molar-refractivity contribution < 1.29 is 23.8 Å². The number of thioether (sulfide) groups is 1. The molecule has 1 atom stereocenters. The summed E-state index contributed by atoms with van der Waals surface area (Å²) in [6.45, 7) is 0.901. The van der Waals surface area contributed by atoms with Crippen LogP contribution in [0.1, 0.15) is 5.56 Å². The molecule has 4 rings (SSSR count). The molecule has 0 spiro atoms. The number of ether oxygens (including phenoxy) is 3. The van der Waals surface area contributed by atoms with E-state index in [1.165, 1.54) is 17.8 Å². The van der Waals surface area contributed by atoms with Crippen LogP contribution in [-0.4, -0.2) is 54.7 Å². The molecule has 2 aliphatic heterocycles. The number of nitrogens with one attached hydrogen (secondary N) is 1. The highest BCUT2D eigenvalue weighted by atomic mass is 35.5. The summed E-state index contributed by atoms with van der Waals surface area (Å²) in [5.41, 5.74) is 1.37. The van der Waals surface area contributed by atoms with Crippen LogP contribution in [0.4, 0.5) is 5.69 Å². The number of nitrogens with zero attached hydrogens (tertiary/aromatic N) is 1. The summed E-state index contributed by atoms with van der Waals surface area (Å²) in [6, 6.07) is 10.00. The molecule has 2 amide bonds. The molecule has 0 aromatic heterocycles. The molecular weight excluding hydrogens is 440 g/mol. The predicted molar refractivity (Wildman–Crippen MR) is 121 cm³/mol. The Morgan fingerprint density at radius 3 is 2.77 bits per heavy atom. The molecule has 7 nitrogen and oxygen atoms in total. The third-order valence-electron chi connectivity index (χ3n) is 4.86. The molecule has 9 heteroatoms. The lowest BCUT2D eigenvalue weighted by atomic mass is 10.1. The second kappa shape index (κ2) is 9.53. The van der Waals surface area contributed by atoms with Crippen molar-refractivity contribution in [1.82, 2.24) is 4.90 Å². The standard InChI is InChI=1S/C22H21ClN2O5S/c1-28-16-5-3-15(4-6-16)24-22(27)18-12-31-13-25(18)20(26)7-2-14-10-17(23)21-19(11-14)29-8-9-30-21/h2-7,10-11,18H,8-9,12-13H2,1H3,(H,24,27)/b7-2+. The van der Waals surface area contributed by atoms with Gasteiger partial charge in [0.25, 0.3) is 0 Å². The van der Waals surface area contributed by atoms with Gasteiger partial charge in [-0.2, -0.15) is 0 Å². The fourth-order valence-corrected chi connectivity index (χ4v) is 4.70. The quantitative estimate of drug-likeness (QED) is 0.686. The van der Waals surface area contributed by atoms with Gasteiger partial charge in [0.05, 0.1) is 18.0 Å². The normalized spacial score (nSPS) is 17.6. The van der Waals surface area contributed by atoms with Crippen molar-refractivity contribution in [3.05, 3.63) is 53.1 Å². The van der Waals surface area contributed by atoms with Crippen molar-refractivity contribution in [2.45, 2.75) is 6.04 Å². The third kappa shape index (κ3) is 4.91. The number of hydrogen-bond acceptors (Lipinski definition) is 6. The van der Waals surface area contributed by atoms with Crippen LogP contribution in [0.15, 0.2) is 42.5 Å². The van der Waals surface area contributed by atoms with E-state index in [0.29, 0.717) is 58.4 Å².